The standard InChI is InChI=1S/C20H25NO6S2/c1-13-9-19(27-4)10-14(2)20(13)28(22,23)21-8-7-16-5-6-17(11-18(16)12-21)15(3)29(24,25)26/h5-6,9-11,15H,7-8,12H2,1-4H3,(H,24,25,26). The number of hydrogen-bond donors (Lipinski definition) is 1. The molecule has 29 heavy (non-hydrogen) atoms. The molecular formula is C20H25NO6S2. The van der Waals surface area contributed by atoms with Crippen LogP contribution in [0.3, 0.4) is 0 Å². The lowest BCUT2D eigenvalue weighted by Gasteiger charge is -2.30. The maximum Gasteiger partial charge on any atom is 0.271 e. The fourth-order valence-electron chi connectivity index (χ4n) is 3.75. The van der Waals surface area contributed by atoms with Crippen molar-refractivity contribution in [1.29, 1.82) is 0 Å². The minimum Gasteiger partial charge on any atom is -0.497 e. The molecule has 3 rings (SSSR count). The predicted molar refractivity (Wildman–Crippen MR) is 110 cm³/mol. The van der Waals surface area contributed by atoms with E-state index in [4.69, 9.17) is 4.74 Å². The van der Waals surface area contributed by atoms with Crippen LogP contribution < -0.4 is 4.74 Å². The molecule has 0 saturated carbocycles. The van der Waals surface area contributed by atoms with E-state index in [0.717, 1.165) is 11.1 Å². The second kappa shape index (κ2) is 7.71. The fourth-order valence-corrected chi connectivity index (χ4v) is 6.07. The molecule has 0 fully saturated rings. The van der Waals surface area contributed by atoms with Gasteiger partial charge in [0.05, 0.1) is 12.0 Å². The molecule has 7 nitrogen and oxygen atoms in total. The van der Waals surface area contributed by atoms with E-state index in [0.29, 0.717) is 35.4 Å². The van der Waals surface area contributed by atoms with Gasteiger partial charge >= 0.3 is 0 Å². The van der Waals surface area contributed by atoms with Crippen LogP contribution in [0.2, 0.25) is 0 Å². The first-order valence-electron chi connectivity index (χ1n) is 9.18. The molecule has 0 bridgehead atoms. The second-order valence-corrected chi connectivity index (χ2v) is 11.0. The van der Waals surface area contributed by atoms with Crippen molar-refractivity contribution < 1.29 is 26.1 Å². The van der Waals surface area contributed by atoms with E-state index in [1.807, 2.05) is 0 Å². The maximum atomic E-state index is 13.4. The van der Waals surface area contributed by atoms with Gasteiger partial charge in [-0.1, -0.05) is 18.2 Å². The molecule has 0 radical (unpaired) electrons. The second-order valence-electron chi connectivity index (χ2n) is 7.36. The first kappa shape index (κ1) is 21.8. The van der Waals surface area contributed by atoms with Gasteiger partial charge in [-0.15, -0.1) is 0 Å². The Balaban J connectivity index is 1.98. The highest BCUT2D eigenvalue weighted by Crippen LogP contribution is 2.32. The summed E-state index contributed by atoms with van der Waals surface area (Å²) in [5.41, 5.74) is 3.38. The number of hydrogen-bond acceptors (Lipinski definition) is 5. The summed E-state index contributed by atoms with van der Waals surface area (Å²) in [6, 6.07) is 8.54. The zero-order chi connectivity index (χ0) is 21.6. The van der Waals surface area contributed by atoms with Crippen LogP contribution >= 0.6 is 0 Å². The fraction of sp³-hybridized carbons (Fsp3) is 0.400. The zero-order valence-corrected chi connectivity index (χ0v) is 18.5. The minimum atomic E-state index is -4.23. The molecule has 1 aliphatic heterocycles. The van der Waals surface area contributed by atoms with Gasteiger partial charge in [0.2, 0.25) is 10.0 Å². The third kappa shape index (κ3) is 4.18. The third-order valence-corrected chi connectivity index (χ3v) is 8.71. The third-order valence-electron chi connectivity index (χ3n) is 5.39. The summed E-state index contributed by atoms with van der Waals surface area (Å²) >= 11 is 0. The highest BCUT2D eigenvalue weighted by atomic mass is 32.2. The van der Waals surface area contributed by atoms with Crippen molar-refractivity contribution in [2.45, 2.75) is 43.9 Å². The summed E-state index contributed by atoms with van der Waals surface area (Å²) in [6.45, 7) is 5.37. The SMILES string of the molecule is COc1cc(C)c(S(=O)(=O)N2CCc3ccc(C(C)S(=O)(=O)O)cc3C2)c(C)c1. The van der Waals surface area contributed by atoms with E-state index < -0.39 is 25.4 Å². The Labute approximate surface area is 172 Å². The summed E-state index contributed by atoms with van der Waals surface area (Å²) in [5, 5.41) is -1.08. The van der Waals surface area contributed by atoms with Crippen molar-refractivity contribution in [2.24, 2.45) is 0 Å². The molecule has 1 atom stereocenters. The predicted octanol–water partition coefficient (Wildman–Crippen LogP) is 3.01. The summed E-state index contributed by atoms with van der Waals surface area (Å²) in [7, 11) is -6.43. The number of ether oxygens (including phenoxy) is 1. The van der Waals surface area contributed by atoms with E-state index in [2.05, 4.69) is 0 Å². The van der Waals surface area contributed by atoms with Gasteiger partial charge in [-0.3, -0.25) is 4.55 Å². The van der Waals surface area contributed by atoms with Crippen LogP contribution in [0.4, 0.5) is 0 Å². The van der Waals surface area contributed by atoms with Crippen LogP contribution in [0, 0.1) is 13.8 Å². The van der Waals surface area contributed by atoms with Crippen molar-refractivity contribution in [2.75, 3.05) is 13.7 Å². The van der Waals surface area contributed by atoms with Crippen molar-refractivity contribution in [1.82, 2.24) is 4.31 Å². The number of methoxy groups -OCH3 is 1. The zero-order valence-electron chi connectivity index (χ0n) is 16.8. The number of nitrogens with zero attached hydrogens (tertiary/aromatic N) is 1. The van der Waals surface area contributed by atoms with E-state index >= 15 is 0 Å². The molecule has 9 heteroatoms. The summed E-state index contributed by atoms with van der Waals surface area (Å²) in [6.07, 6.45) is 0.531. The smallest absolute Gasteiger partial charge is 0.271 e. The molecule has 1 aliphatic rings. The minimum absolute atomic E-state index is 0.147. The van der Waals surface area contributed by atoms with Crippen LogP contribution in [-0.2, 0) is 33.1 Å². The normalized spacial score (nSPS) is 16.3. The van der Waals surface area contributed by atoms with Crippen molar-refractivity contribution in [3.8, 4) is 5.75 Å². The Kier molecular flexibility index (Phi) is 5.79. The van der Waals surface area contributed by atoms with Gasteiger partial charge in [0, 0.05) is 13.1 Å². The van der Waals surface area contributed by atoms with E-state index in [9.17, 15) is 21.4 Å². The first-order chi connectivity index (χ1) is 13.4. The van der Waals surface area contributed by atoms with Gasteiger partial charge in [-0.2, -0.15) is 12.7 Å². The number of rotatable bonds is 5. The van der Waals surface area contributed by atoms with Crippen LogP contribution in [0.1, 0.15) is 40.0 Å². The Morgan fingerprint density at radius 2 is 1.66 bits per heavy atom. The molecule has 0 spiro atoms. The van der Waals surface area contributed by atoms with E-state index in [1.165, 1.54) is 18.3 Å². The average molecular weight is 440 g/mol. The molecule has 1 N–H and O–H groups in total. The Morgan fingerprint density at radius 3 is 2.21 bits per heavy atom. The lowest BCUT2D eigenvalue weighted by atomic mass is 9.97. The van der Waals surface area contributed by atoms with Gasteiger partial charge in [0.25, 0.3) is 10.1 Å². The molecule has 0 aliphatic carbocycles. The summed E-state index contributed by atoms with van der Waals surface area (Å²) < 4.78 is 65.6. The molecule has 0 aromatic heterocycles. The lowest BCUT2D eigenvalue weighted by Crippen LogP contribution is -2.36. The summed E-state index contributed by atoms with van der Waals surface area (Å²) in [5.74, 6) is 0.604. The molecule has 2 aromatic rings. The van der Waals surface area contributed by atoms with Crippen LogP contribution in [0.5, 0.6) is 5.75 Å². The highest BCUT2D eigenvalue weighted by molar-refractivity contribution is 7.89. The van der Waals surface area contributed by atoms with E-state index in [-0.39, 0.29) is 11.4 Å². The number of fused-ring (bicyclic) bond motifs is 1. The quantitative estimate of drug-likeness (QED) is 0.719. The van der Waals surface area contributed by atoms with Gasteiger partial charge in [-0.05, 0) is 67.1 Å². The van der Waals surface area contributed by atoms with Crippen molar-refractivity contribution >= 4 is 20.1 Å². The Hall–Kier alpha value is -1.94. The van der Waals surface area contributed by atoms with Crippen LogP contribution in [0.25, 0.3) is 0 Å². The Morgan fingerprint density at radius 1 is 1.03 bits per heavy atom. The van der Waals surface area contributed by atoms with E-state index in [1.54, 1.807) is 44.2 Å². The molecular weight excluding hydrogens is 414 g/mol. The van der Waals surface area contributed by atoms with Crippen molar-refractivity contribution in [3.63, 3.8) is 0 Å². The molecule has 158 valence electrons. The highest BCUT2D eigenvalue weighted by Gasteiger charge is 2.31. The molecule has 2 aromatic carbocycles. The number of benzene rings is 2. The molecule has 1 unspecified atom stereocenters. The monoisotopic (exact) mass is 439 g/mol. The molecule has 1 heterocycles. The maximum absolute atomic E-state index is 13.4. The van der Waals surface area contributed by atoms with Crippen LogP contribution in [-0.4, -0.2) is 39.3 Å². The first-order valence-corrected chi connectivity index (χ1v) is 12.1. The summed E-state index contributed by atoms with van der Waals surface area (Å²) in [4.78, 5) is 0.268. The van der Waals surface area contributed by atoms with Gasteiger partial charge in [0.15, 0.2) is 0 Å². The molecule has 0 saturated heterocycles. The lowest BCUT2D eigenvalue weighted by molar-refractivity contribution is 0.390. The topological polar surface area (TPSA) is 101 Å². The molecule has 0 amide bonds. The average Bonchev–Trinajstić information content (AvgIpc) is 2.64. The Bertz CT molecular complexity index is 1130. The largest absolute Gasteiger partial charge is 0.497 e. The van der Waals surface area contributed by atoms with Gasteiger partial charge in [0.1, 0.15) is 11.0 Å². The van der Waals surface area contributed by atoms with Gasteiger partial charge < -0.3 is 4.74 Å². The van der Waals surface area contributed by atoms with Gasteiger partial charge in [-0.25, -0.2) is 8.42 Å². The van der Waals surface area contributed by atoms with Crippen LogP contribution in [0.15, 0.2) is 35.2 Å². The van der Waals surface area contributed by atoms with Crippen molar-refractivity contribution in [3.05, 3.63) is 58.1 Å². The number of aryl methyl sites for hydroxylation is 2. The number of sulfonamides is 1.